The fourth-order valence-corrected chi connectivity index (χ4v) is 6.11. The van der Waals surface area contributed by atoms with Gasteiger partial charge in [-0.1, -0.05) is 60.7 Å². The number of carbonyl (C=O) groups is 1. The van der Waals surface area contributed by atoms with E-state index in [9.17, 15) is 15.3 Å². The van der Waals surface area contributed by atoms with E-state index in [4.69, 9.17) is 5.73 Å². The molecule has 10 nitrogen and oxygen atoms in total. The number of nitrogens with two attached hydrogens (primary N) is 1. The van der Waals surface area contributed by atoms with Crippen LogP contribution in [0.4, 0.5) is 22.7 Å². The van der Waals surface area contributed by atoms with Crippen molar-refractivity contribution >= 4 is 53.0 Å². The Balaban J connectivity index is 0.986. The average Bonchev–Trinajstić information content (AvgIpc) is 3.24. The predicted octanol–water partition coefficient (Wildman–Crippen LogP) is 8.33. The molecule has 57 heavy (non-hydrogen) atoms. The molecule has 6 rings (SSSR count). The van der Waals surface area contributed by atoms with Gasteiger partial charge in [-0.2, -0.15) is 10.5 Å². The van der Waals surface area contributed by atoms with Crippen LogP contribution in [0, 0.1) is 22.7 Å². The fraction of sp³-hybridized carbons (Fsp3) is 0.128. The Kier molecular flexibility index (Phi) is 13.5. The molecule has 0 atom stereocenters. The number of pyridine rings is 2. The summed E-state index contributed by atoms with van der Waals surface area (Å²) in [6, 6.07) is 42.8. The maximum atomic E-state index is 13.0. The molecule has 0 saturated heterocycles. The molecule has 0 bridgehead atoms. The maximum absolute atomic E-state index is 13.0. The van der Waals surface area contributed by atoms with E-state index >= 15 is 0 Å². The smallest absolute Gasteiger partial charge is 0.243 e. The Labute approximate surface area is 333 Å². The number of aromatic nitrogens is 2. The van der Waals surface area contributed by atoms with Gasteiger partial charge < -0.3 is 21.3 Å². The minimum absolute atomic E-state index is 0.133. The summed E-state index contributed by atoms with van der Waals surface area (Å²) in [7, 11) is 1.87. The first-order chi connectivity index (χ1) is 27.8. The van der Waals surface area contributed by atoms with Crippen LogP contribution in [0.5, 0.6) is 0 Å². The molecule has 1 amide bonds. The van der Waals surface area contributed by atoms with Gasteiger partial charge in [0.15, 0.2) is 0 Å². The lowest BCUT2D eigenvalue weighted by Crippen LogP contribution is -2.30. The SMILES string of the molecule is CN(CC(=O)Nc1ccc(NCCN(Cc2ccccn2)Cc2ccccn2)cc1)c1ccc(/C=C/c2cc(C#N)c(/C=C/c3ccc(N)cc3)cc2C#N)cc1. The quantitative estimate of drug-likeness (QED) is 0.0656. The lowest BCUT2D eigenvalue weighted by molar-refractivity contribution is -0.114. The lowest BCUT2D eigenvalue weighted by atomic mass is 9.97. The number of hydrogen-bond acceptors (Lipinski definition) is 9. The first-order valence-corrected chi connectivity index (χ1v) is 18.5. The van der Waals surface area contributed by atoms with E-state index in [2.05, 4.69) is 37.6 Å². The van der Waals surface area contributed by atoms with Crippen LogP contribution in [-0.4, -0.2) is 47.5 Å². The second kappa shape index (κ2) is 19.7. The van der Waals surface area contributed by atoms with Crippen molar-refractivity contribution < 1.29 is 4.79 Å². The molecule has 6 aromatic rings. The first-order valence-electron chi connectivity index (χ1n) is 18.5. The highest BCUT2D eigenvalue weighted by Gasteiger charge is 2.11. The zero-order valence-electron chi connectivity index (χ0n) is 31.7. The van der Waals surface area contributed by atoms with E-state index in [0.717, 1.165) is 60.1 Å². The molecule has 0 saturated carbocycles. The Morgan fingerprint density at radius 2 is 1.23 bits per heavy atom. The summed E-state index contributed by atoms with van der Waals surface area (Å²) in [6.45, 7) is 3.12. The van der Waals surface area contributed by atoms with Gasteiger partial charge in [-0.25, -0.2) is 0 Å². The molecule has 0 fully saturated rings. The summed E-state index contributed by atoms with van der Waals surface area (Å²) in [5.41, 5.74) is 15.1. The van der Waals surface area contributed by atoms with Gasteiger partial charge in [0.25, 0.3) is 0 Å². The molecule has 4 N–H and O–H groups in total. The minimum Gasteiger partial charge on any atom is -0.399 e. The molecular weight excluding hydrogens is 707 g/mol. The maximum Gasteiger partial charge on any atom is 0.243 e. The molecular formula is C47H43N9O. The van der Waals surface area contributed by atoms with Crippen LogP contribution in [-0.2, 0) is 17.9 Å². The number of hydrogen-bond donors (Lipinski definition) is 3. The highest BCUT2D eigenvalue weighted by Crippen LogP contribution is 2.23. The van der Waals surface area contributed by atoms with Crippen molar-refractivity contribution in [1.82, 2.24) is 14.9 Å². The van der Waals surface area contributed by atoms with Crippen molar-refractivity contribution in [3.05, 3.63) is 178 Å². The number of rotatable bonds is 16. The normalized spacial score (nSPS) is 11.0. The van der Waals surface area contributed by atoms with Crippen molar-refractivity contribution in [2.24, 2.45) is 0 Å². The second-order valence-electron chi connectivity index (χ2n) is 13.4. The molecule has 2 aromatic heterocycles. The summed E-state index contributed by atoms with van der Waals surface area (Å²) in [4.78, 5) is 26.1. The van der Waals surface area contributed by atoms with Gasteiger partial charge in [0.1, 0.15) is 0 Å². The van der Waals surface area contributed by atoms with E-state index in [1.165, 1.54) is 0 Å². The van der Waals surface area contributed by atoms with E-state index in [0.29, 0.717) is 33.6 Å². The second-order valence-corrected chi connectivity index (χ2v) is 13.4. The molecule has 0 radical (unpaired) electrons. The number of nitriles is 2. The number of carbonyl (C=O) groups excluding carboxylic acids is 1. The van der Waals surface area contributed by atoms with Gasteiger partial charge in [-0.3, -0.25) is 19.7 Å². The molecule has 0 aliphatic carbocycles. The van der Waals surface area contributed by atoms with E-state index < -0.39 is 0 Å². The van der Waals surface area contributed by atoms with Crippen molar-refractivity contribution in [2.75, 3.05) is 47.9 Å². The van der Waals surface area contributed by atoms with E-state index in [-0.39, 0.29) is 12.5 Å². The lowest BCUT2D eigenvalue weighted by Gasteiger charge is -2.22. The van der Waals surface area contributed by atoms with Gasteiger partial charge >= 0.3 is 0 Å². The zero-order valence-corrected chi connectivity index (χ0v) is 31.7. The Morgan fingerprint density at radius 3 is 1.74 bits per heavy atom. The fourth-order valence-electron chi connectivity index (χ4n) is 6.11. The van der Waals surface area contributed by atoms with Crippen LogP contribution in [0.15, 0.2) is 134 Å². The number of nitrogen functional groups attached to an aromatic ring is 1. The van der Waals surface area contributed by atoms with Crippen LogP contribution in [0.2, 0.25) is 0 Å². The third-order valence-electron chi connectivity index (χ3n) is 9.17. The Bertz CT molecular complexity index is 2340. The number of amides is 1. The summed E-state index contributed by atoms with van der Waals surface area (Å²) < 4.78 is 0. The standard InChI is InChI=1S/C47H43N9O/c1-55(46-22-12-36(13-23-46)9-15-38-29-39(30-48)37(28-40(38)31-49)14-8-35-10-16-41(50)17-11-35)34-47(57)54-43-20-18-42(19-21-43)53-26-27-56(32-44-6-2-4-24-51-44)33-45-7-3-5-25-52-45/h2-25,28-29,53H,26-27,32-34,50H2,1H3,(H,54,57)/b14-8+,15-9+. The third-order valence-corrected chi connectivity index (χ3v) is 9.17. The van der Waals surface area contributed by atoms with Gasteiger partial charge in [0.2, 0.25) is 5.91 Å². The van der Waals surface area contributed by atoms with Gasteiger partial charge in [0, 0.05) is 68.4 Å². The van der Waals surface area contributed by atoms with Gasteiger partial charge in [0.05, 0.1) is 41.2 Å². The molecule has 0 unspecified atom stereocenters. The molecule has 282 valence electrons. The summed E-state index contributed by atoms with van der Waals surface area (Å²) in [6.07, 6.45) is 11.1. The molecule has 0 aliphatic heterocycles. The van der Waals surface area contributed by atoms with Gasteiger partial charge in [-0.15, -0.1) is 0 Å². The molecule has 0 spiro atoms. The van der Waals surface area contributed by atoms with Crippen LogP contribution in [0.3, 0.4) is 0 Å². The number of nitrogens with zero attached hydrogens (tertiary/aromatic N) is 6. The highest BCUT2D eigenvalue weighted by atomic mass is 16.2. The first kappa shape index (κ1) is 39.2. The number of anilines is 4. The minimum atomic E-state index is -0.133. The molecule has 4 aromatic carbocycles. The highest BCUT2D eigenvalue weighted by molar-refractivity contribution is 5.94. The van der Waals surface area contributed by atoms with Crippen LogP contribution < -0.4 is 21.3 Å². The summed E-state index contributed by atoms with van der Waals surface area (Å²) >= 11 is 0. The van der Waals surface area contributed by atoms with Crippen LogP contribution in [0.1, 0.15) is 44.8 Å². The number of benzene rings is 4. The molecule has 0 aliphatic rings. The van der Waals surface area contributed by atoms with Crippen molar-refractivity contribution in [2.45, 2.75) is 13.1 Å². The van der Waals surface area contributed by atoms with Crippen molar-refractivity contribution in [3.63, 3.8) is 0 Å². The Hall–Kier alpha value is -7.53. The van der Waals surface area contributed by atoms with Crippen molar-refractivity contribution in [1.29, 1.82) is 10.5 Å². The number of likely N-dealkylation sites (N-methyl/N-ethyl adjacent to an activating group) is 1. The zero-order chi connectivity index (χ0) is 39.8. The topological polar surface area (TPSA) is 147 Å². The number of nitrogens with one attached hydrogen (secondary N) is 2. The Morgan fingerprint density at radius 1 is 0.702 bits per heavy atom. The largest absolute Gasteiger partial charge is 0.399 e. The van der Waals surface area contributed by atoms with Crippen LogP contribution in [0.25, 0.3) is 24.3 Å². The summed E-state index contributed by atoms with van der Waals surface area (Å²) in [5, 5.41) is 26.2. The monoisotopic (exact) mass is 749 g/mol. The predicted molar refractivity (Wildman–Crippen MR) is 230 cm³/mol. The van der Waals surface area contributed by atoms with E-state index in [1.807, 2.05) is 158 Å². The third kappa shape index (κ3) is 11.7. The summed E-state index contributed by atoms with van der Waals surface area (Å²) in [5.74, 6) is -0.133. The molecule has 2 heterocycles. The molecule has 10 heteroatoms. The van der Waals surface area contributed by atoms with Gasteiger partial charge in [-0.05, 0) is 107 Å². The van der Waals surface area contributed by atoms with Crippen molar-refractivity contribution in [3.8, 4) is 12.1 Å². The van der Waals surface area contributed by atoms with E-state index in [1.54, 1.807) is 12.1 Å². The van der Waals surface area contributed by atoms with Crippen LogP contribution >= 0.6 is 0 Å². The average molecular weight is 750 g/mol.